The van der Waals surface area contributed by atoms with E-state index in [1.165, 1.54) is 10.6 Å². The highest BCUT2D eigenvalue weighted by molar-refractivity contribution is 7.97. The van der Waals surface area contributed by atoms with Gasteiger partial charge in [-0.05, 0) is 42.1 Å². The summed E-state index contributed by atoms with van der Waals surface area (Å²) in [4.78, 5) is 3.72. The van der Waals surface area contributed by atoms with E-state index in [2.05, 4.69) is 53.1 Å². The third kappa shape index (κ3) is 4.19. The van der Waals surface area contributed by atoms with Gasteiger partial charge in [-0.1, -0.05) is 13.8 Å². The summed E-state index contributed by atoms with van der Waals surface area (Å²) in [6.07, 6.45) is 0. The lowest BCUT2D eigenvalue weighted by Gasteiger charge is -2.29. The standard InChI is InChI=1S/C14H23N3S/c1-12(2)11-16-18-14-5-3-13(4-6-14)17-9-7-15-8-10-17/h3-6,12,15-16H,7-11H2,1-2H3. The third-order valence-electron chi connectivity index (χ3n) is 3.00. The van der Waals surface area contributed by atoms with Crippen molar-refractivity contribution in [2.75, 3.05) is 37.6 Å². The number of benzene rings is 1. The third-order valence-corrected chi connectivity index (χ3v) is 3.82. The molecule has 0 saturated carbocycles. The maximum atomic E-state index is 3.39. The molecule has 1 fully saturated rings. The molecular weight excluding hydrogens is 242 g/mol. The second-order valence-corrected chi connectivity index (χ2v) is 6.04. The van der Waals surface area contributed by atoms with Crippen molar-refractivity contribution in [3.8, 4) is 0 Å². The van der Waals surface area contributed by atoms with Gasteiger partial charge in [0, 0.05) is 43.3 Å². The first-order valence-electron chi connectivity index (χ1n) is 6.71. The van der Waals surface area contributed by atoms with Crippen LogP contribution in [0.1, 0.15) is 13.8 Å². The Morgan fingerprint density at radius 3 is 2.50 bits per heavy atom. The maximum absolute atomic E-state index is 3.39. The average Bonchev–Trinajstić information content (AvgIpc) is 2.40. The van der Waals surface area contributed by atoms with Crippen LogP contribution in [-0.4, -0.2) is 32.7 Å². The van der Waals surface area contributed by atoms with Crippen molar-refractivity contribution >= 4 is 17.6 Å². The molecule has 0 spiro atoms. The second kappa shape index (κ2) is 7.02. The molecule has 0 aliphatic carbocycles. The Labute approximate surface area is 114 Å². The Kier molecular flexibility index (Phi) is 5.35. The van der Waals surface area contributed by atoms with Crippen molar-refractivity contribution in [2.24, 2.45) is 5.92 Å². The first kappa shape index (κ1) is 13.7. The van der Waals surface area contributed by atoms with E-state index < -0.39 is 0 Å². The summed E-state index contributed by atoms with van der Waals surface area (Å²) in [7, 11) is 0. The maximum Gasteiger partial charge on any atom is 0.0367 e. The van der Waals surface area contributed by atoms with Crippen molar-refractivity contribution in [3.05, 3.63) is 24.3 Å². The summed E-state index contributed by atoms with van der Waals surface area (Å²) in [6.45, 7) is 9.89. The van der Waals surface area contributed by atoms with Gasteiger partial charge in [0.25, 0.3) is 0 Å². The molecule has 2 N–H and O–H groups in total. The minimum atomic E-state index is 0.692. The Bertz CT molecular complexity index is 345. The van der Waals surface area contributed by atoms with E-state index in [9.17, 15) is 0 Å². The molecule has 0 unspecified atom stereocenters. The highest BCUT2D eigenvalue weighted by atomic mass is 32.2. The van der Waals surface area contributed by atoms with E-state index in [1.54, 1.807) is 11.9 Å². The van der Waals surface area contributed by atoms with Crippen LogP contribution in [0.5, 0.6) is 0 Å². The number of nitrogens with one attached hydrogen (secondary N) is 2. The summed E-state index contributed by atoms with van der Waals surface area (Å²) >= 11 is 1.72. The molecule has 100 valence electrons. The summed E-state index contributed by atoms with van der Waals surface area (Å²) in [5.74, 6) is 0.692. The normalized spacial score (nSPS) is 16.3. The molecule has 2 rings (SSSR count). The summed E-state index contributed by atoms with van der Waals surface area (Å²) in [5.41, 5.74) is 1.34. The van der Waals surface area contributed by atoms with E-state index in [1.807, 2.05) is 0 Å². The highest BCUT2D eigenvalue weighted by Gasteiger charge is 2.09. The first-order valence-corrected chi connectivity index (χ1v) is 7.53. The molecule has 1 aromatic rings. The van der Waals surface area contributed by atoms with Gasteiger partial charge >= 0.3 is 0 Å². The Hall–Kier alpha value is -0.710. The topological polar surface area (TPSA) is 27.3 Å². The van der Waals surface area contributed by atoms with Crippen LogP contribution < -0.4 is 14.9 Å². The molecule has 3 nitrogen and oxygen atoms in total. The van der Waals surface area contributed by atoms with Crippen LogP contribution in [0.15, 0.2) is 29.2 Å². The lowest BCUT2D eigenvalue weighted by Crippen LogP contribution is -2.43. The van der Waals surface area contributed by atoms with Crippen LogP contribution in [-0.2, 0) is 0 Å². The van der Waals surface area contributed by atoms with Crippen molar-refractivity contribution in [3.63, 3.8) is 0 Å². The van der Waals surface area contributed by atoms with Gasteiger partial charge in [0.1, 0.15) is 0 Å². The molecular formula is C14H23N3S. The average molecular weight is 265 g/mol. The molecule has 1 aliphatic rings. The minimum Gasteiger partial charge on any atom is -0.369 e. The van der Waals surface area contributed by atoms with Crippen molar-refractivity contribution in [2.45, 2.75) is 18.7 Å². The predicted molar refractivity (Wildman–Crippen MR) is 80.2 cm³/mol. The van der Waals surface area contributed by atoms with E-state index in [0.717, 1.165) is 32.7 Å². The zero-order chi connectivity index (χ0) is 12.8. The van der Waals surface area contributed by atoms with Crippen LogP contribution in [0.4, 0.5) is 5.69 Å². The molecule has 0 radical (unpaired) electrons. The fraction of sp³-hybridized carbons (Fsp3) is 0.571. The molecule has 0 atom stereocenters. The largest absolute Gasteiger partial charge is 0.369 e. The van der Waals surface area contributed by atoms with Crippen LogP contribution in [0.3, 0.4) is 0 Å². The number of hydrogen-bond donors (Lipinski definition) is 2. The SMILES string of the molecule is CC(C)CNSc1ccc(N2CCNCC2)cc1. The van der Waals surface area contributed by atoms with Crippen LogP contribution in [0.25, 0.3) is 0 Å². The quantitative estimate of drug-likeness (QED) is 0.799. The fourth-order valence-electron chi connectivity index (χ4n) is 1.94. The molecule has 18 heavy (non-hydrogen) atoms. The number of piperazine rings is 1. The zero-order valence-electron chi connectivity index (χ0n) is 11.3. The molecule has 1 saturated heterocycles. The van der Waals surface area contributed by atoms with E-state index in [-0.39, 0.29) is 0 Å². The van der Waals surface area contributed by atoms with E-state index in [0.29, 0.717) is 5.92 Å². The second-order valence-electron chi connectivity index (χ2n) is 5.08. The van der Waals surface area contributed by atoms with Gasteiger partial charge in [-0.2, -0.15) is 0 Å². The first-order chi connectivity index (χ1) is 8.75. The minimum absolute atomic E-state index is 0.692. The van der Waals surface area contributed by atoms with Crippen molar-refractivity contribution in [1.29, 1.82) is 0 Å². The molecule has 4 heteroatoms. The summed E-state index contributed by atoms with van der Waals surface area (Å²) in [6, 6.07) is 8.86. The summed E-state index contributed by atoms with van der Waals surface area (Å²) in [5, 5.41) is 3.38. The van der Waals surface area contributed by atoms with Gasteiger partial charge in [-0.3, -0.25) is 4.72 Å². The monoisotopic (exact) mass is 265 g/mol. The van der Waals surface area contributed by atoms with E-state index >= 15 is 0 Å². The van der Waals surface area contributed by atoms with Crippen LogP contribution in [0, 0.1) is 5.92 Å². The van der Waals surface area contributed by atoms with Crippen LogP contribution in [0.2, 0.25) is 0 Å². The van der Waals surface area contributed by atoms with Gasteiger partial charge in [-0.15, -0.1) is 0 Å². The highest BCUT2D eigenvalue weighted by Crippen LogP contribution is 2.20. The Balaban J connectivity index is 1.84. The molecule has 0 bridgehead atoms. The van der Waals surface area contributed by atoms with Crippen LogP contribution >= 0.6 is 11.9 Å². The van der Waals surface area contributed by atoms with E-state index in [4.69, 9.17) is 0 Å². The van der Waals surface area contributed by atoms with Gasteiger partial charge in [0.15, 0.2) is 0 Å². The smallest absolute Gasteiger partial charge is 0.0367 e. The van der Waals surface area contributed by atoms with Crippen molar-refractivity contribution in [1.82, 2.24) is 10.0 Å². The number of rotatable bonds is 5. The Morgan fingerprint density at radius 1 is 1.22 bits per heavy atom. The van der Waals surface area contributed by atoms with Crippen molar-refractivity contribution < 1.29 is 0 Å². The molecule has 1 heterocycles. The predicted octanol–water partition coefficient (Wildman–Crippen LogP) is 2.35. The van der Waals surface area contributed by atoms with Gasteiger partial charge in [0.05, 0.1) is 0 Å². The molecule has 1 aromatic carbocycles. The Morgan fingerprint density at radius 2 is 1.89 bits per heavy atom. The number of nitrogens with zero attached hydrogens (tertiary/aromatic N) is 1. The lowest BCUT2D eigenvalue weighted by atomic mass is 10.2. The number of anilines is 1. The number of hydrogen-bond acceptors (Lipinski definition) is 4. The van der Waals surface area contributed by atoms with Gasteiger partial charge in [0.2, 0.25) is 0 Å². The molecule has 1 aliphatic heterocycles. The van der Waals surface area contributed by atoms with Gasteiger partial charge in [-0.25, -0.2) is 0 Å². The van der Waals surface area contributed by atoms with Gasteiger partial charge < -0.3 is 10.2 Å². The molecule has 0 aromatic heterocycles. The summed E-state index contributed by atoms with van der Waals surface area (Å²) < 4.78 is 3.39. The fourth-order valence-corrected chi connectivity index (χ4v) is 2.80. The molecule has 0 amide bonds. The lowest BCUT2D eigenvalue weighted by molar-refractivity contribution is 0.589. The zero-order valence-corrected chi connectivity index (χ0v) is 12.1.